The molecule has 0 unspecified atom stereocenters. The molecule has 0 aliphatic carbocycles. The Bertz CT molecular complexity index is 702. The highest BCUT2D eigenvalue weighted by molar-refractivity contribution is 9.11. The lowest BCUT2D eigenvalue weighted by Crippen LogP contribution is -2.14. The second kappa shape index (κ2) is 6.49. The predicted octanol–water partition coefficient (Wildman–Crippen LogP) is 4.36. The van der Waals surface area contributed by atoms with E-state index >= 15 is 0 Å². The second-order valence-corrected chi connectivity index (χ2v) is 6.20. The van der Waals surface area contributed by atoms with Crippen molar-refractivity contribution in [3.8, 4) is 5.75 Å². The molecule has 21 heavy (non-hydrogen) atoms. The van der Waals surface area contributed by atoms with Crippen LogP contribution in [0.15, 0.2) is 39.3 Å². The molecule has 2 rings (SSSR count). The van der Waals surface area contributed by atoms with Crippen LogP contribution in [0.25, 0.3) is 0 Å². The van der Waals surface area contributed by atoms with Crippen molar-refractivity contribution in [2.24, 2.45) is 0 Å². The highest BCUT2D eigenvalue weighted by Gasteiger charge is 2.13. The van der Waals surface area contributed by atoms with E-state index < -0.39 is 0 Å². The number of nitrogens with one attached hydrogen (secondary N) is 1. The van der Waals surface area contributed by atoms with E-state index in [-0.39, 0.29) is 5.91 Å². The van der Waals surface area contributed by atoms with Gasteiger partial charge in [0.2, 0.25) is 0 Å². The van der Waals surface area contributed by atoms with Crippen molar-refractivity contribution >= 4 is 49.1 Å². The van der Waals surface area contributed by atoms with E-state index in [0.717, 1.165) is 14.5 Å². The summed E-state index contributed by atoms with van der Waals surface area (Å²) in [7, 11) is 1.57. The first-order valence-electron chi connectivity index (χ1n) is 6.13. The Balaban J connectivity index is 2.33. The van der Waals surface area contributed by atoms with Gasteiger partial charge in [0, 0.05) is 21.8 Å². The van der Waals surface area contributed by atoms with Crippen LogP contribution in [-0.2, 0) is 0 Å². The summed E-state index contributed by atoms with van der Waals surface area (Å²) in [6.45, 7) is 1.87. The van der Waals surface area contributed by atoms with Gasteiger partial charge >= 0.3 is 0 Å². The summed E-state index contributed by atoms with van der Waals surface area (Å²) in [6.07, 6.45) is 0. The molecule has 2 aromatic carbocycles. The summed E-state index contributed by atoms with van der Waals surface area (Å²) in [4.78, 5) is 12.4. The number of methoxy groups -OCH3 is 1. The summed E-state index contributed by atoms with van der Waals surface area (Å²) >= 11 is 6.81. The minimum Gasteiger partial charge on any atom is -0.495 e. The van der Waals surface area contributed by atoms with Crippen molar-refractivity contribution in [3.63, 3.8) is 0 Å². The van der Waals surface area contributed by atoms with E-state index in [1.54, 1.807) is 25.3 Å². The molecule has 0 bridgehead atoms. The number of aryl methyl sites for hydroxylation is 1. The van der Waals surface area contributed by atoms with E-state index in [2.05, 4.69) is 37.2 Å². The summed E-state index contributed by atoms with van der Waals surface area (Å²) in [5.74, 6) is 0.419. The third kappa shape index (κ3) is 3.57. The third-order valence-electron chi connectivity index (χ3n) is 3.00. The molecule has 0 aromatic heterocycles. The average Bonchev–Trinajstić information content (AvgIpc) is 2.44. The first kappa shape index (κ1) is 15.9. The van der Waals surface area contributed by atoms with Gasteiger partial charge in [-0.05, 0) is 62.5 Å². The number of carbonyl (C=O) groups excluding carboxylic acids is 1. The number of ether oxygens (including phenoxy) is 1. The Morgan fingerprint density at radius 2 is 1.90 bits per heavy atom. The molecule has 1 amide bonds. The fourth-order valence-electron chi connectivity index (χ4n) is 1.86. The number of amides is 1. The lowest BCUT2D eigenvalue weighted by molar-refractivity contribution is 0.102. The number of hydrogen-bond acceptors (Lipinski definition) is 3. The molecular weight excluding hydrogens is 400 g/mol. The molecule has 110 valence electrons. The van der Waals surface area contributed by atoms with Crippen molar-refractivity contribution in [1.29, 1.82) is 0 Å². The topological polar surface area (TPSA) is 64.3 Å². The normalized spacial score (nSPS) is 10.3. The first-order valence-corrected chi connectivity index (χ1v) is 7.71. The Morgan fingerprint density at radius 3 is 2.57 bits per heavy atom. The van der Waals surface area contributed by atoms with Gasteiger partial charge in [-0.1, -0.05) is 6.07 Å². The molecule has 0 heterocycles. The highest BCUT2D eigenvalue weighted by atomic mass is 79.9. The zero-order valence-electron chi connectivity index (χ0n) is 11.5. The fraction of sp³-hybridized carbons (Fsp3) is 0.133. The molecular formula is C15H14Br2N2O2. The fourth-order valence-corrected chi connectivity index (χ4v) is 3.11. The Hall–Kier alpha value is -1.53. The predicted molar refractivity (Wildman–Crippen MR) is 91.9 cm³/mol. The van der Waals surface area contributed by atoms with Gasteiger partial charge in [-0.15, -0.1) is 0 Å². The molecule has 0 aliphatic heterocycles. The molecule has 0 atom stereocenters. The van der Waals surface area contributed by atoms with Crippen LogP contribution in [0, 0.1) is 6.92 Å². The molecule has 0 saturated carbocycles. The summed E-state index contributed by atoms with van der Waals surface area (Å²) in [5, 5.41) is 2.85. The average molecular weight is 414 g/mol. The Morgan fingerprint density at radius 1 is 1.19 bits per heavy atom. The van der Waals surface area contributed by atoms with Crippen LogP contribution in [0.5, 0.6) is 5.75 Å². The number of carbonyl (C=O) groups is 1. The van der Waals surface area contributed by atoms with Crippen LogP contribution in [-0.4, -0.2) is 13.0 Å². The zero-order chi connectivity index (χ0) is 15.6. The first-order chi connectivity index (χ1) is 9.92. The Labute approximate surface area is 139 Å². The van der Waals surface area contributed by atoms with Gasteiger partial charge in [-0.3, -0.25) is 4.79 Å². The van der Waals surface area contributed by atoms with Gasteiger partial charge in [0.25, 0.3) is 5.91 Å². The molecule has 0 aliphatic rings. The standard InChI is InChI=1S/C15H14Br2N2O2/c1-8-3-4-9(18)5-10(8)15(20)19-13-7-14(21-2)12(17)6-11(13)16/h3-7H,18H2,1-2H3,(H,19,20). The smallest absolute Gasteiger partial charge is 0.256 e. The molecule has 0 radical (unpaired) electrons. The van der Waals surface area contributed by atoms with Crippen LogP contribution >= 0.6 is 31.9 Å². The highest BCUT2D eigenvalue weighted by Crippen LogP contribution is 2.34. The molecule has 2 aromatic rings. The van der Waals surface area contributed by atoms with Gasteiger partial charge < -0.3 is 15.8 Å². The number of halogens is 2. The maximum atomic E-state index is 12.4. The summed E-state index contributed by atoms with van der Waals surface area (Å²) < 4.78 is 6.79. The van der Waals surface area contributed by atoms with Crippen LogP contribution in [0.2, 0.25) is 0 Å². The van der Waals surface area contributed by atoms with Crippen molar-refractivity contribution in [1.82, 2.24) is 0 Å². The van der Waals surface area contributed by atoms with E-state index in [4.69, 9.17) is 10.5 Å². The SMILES string of the molecule is COc1cc(NC(=O)c2cc(N)ccc2C)c(Br)cc1Br. The van der Waals surface area contributed by atoms with Gasteiger partial charge in [-0.25, -0.2) is 0 Å². The summed E-state index contributed by atoms with van der Waals surface area (Å²) in [6, 6.07) is 8.81. The van der Waals surface area contributed by atoms with Crippen molar-refractivity contribution in [2.45, 2.75) is 6.92 Å². The lowest BCUT2D eigenvalue weighted by Gasteiger charge is -2.12. The van der Waals surface area contributed by atoms with Crippen molar-refractivity contribution in [2.75, 3.05) is 18.2 Å². The molecule has 6 heteroatoms. The van der Waals surface area contributed by atoms with E-state index in [1.165, 1.54) is 0 Å². The van der Waals surface area contributed by atoms with E-state index in [0.29, 0.717) is 22.7 Å². The molecule has 0 saturated heterocycles. The number of hydrogen-bond donors (Lipinski definition) is 2. The molecule has 0 spiro atoms. The van der Waals surface area contributed by atoms with Crippen molar-refractivity contribution < 1.29 is 9.53 Å². The van der Waals surface area contributed by atoms with Crippen molar-refractivity contribution in [3.05, 3.63) is 50.4 Å². The van der Waals surface area contributed by atoms with Gasteiger partial charge in [-0.2, -0.15) is 0 Å². The number of rotatable bonds is 3. The van der Waals surface area contributed by atoms with Gasteiger partial charge in [0.15, 0.2) is 0 Å². The minimum atomic E-state index is -0.218. The lowest BCUT2D eigenvalue weighted by atomic mass is 10.1. The number of nitrogens with two attached hydrogens (primary N) is 1. The maximum Gasteiger partial charge on any atom is 0.256 e. The van der Waals surface area contributed by atoms with Crippen LogP contribution in [0.1, 0.15) is 15.9 Å². The monoisotopic (exact) mass is 412 g/mol. The van der Waals surface area contributed by atoms with Crippen LogP contribution in [0.3, 0.4) is 0 Å². The van der Waals surface area contributed by atoms with Gasteiger partial charge in [0.1, 0.15) is 5.75 Å². The third-order valence-corrected chi connectivity index (χ3v) is 4.27. The van der Waals surface area contributed by atoms with Gasteiger partial charge in [0.05, 0.1) is 17.3 Å². The second-order valence-electron chi connectivity index (χ2n) is 4.50. The Kier molecular flexibility index (Phi) is 4.90. The van der Waals surface area contributed by atoms with E-state index in [9.17, 15) is 4.79 Å². The number of anilines is 2. The largest absolute Gasteiger partial charge is 0.495 e. The van der Waals surface area contributed by atoms with E-state index in [1.807, 2.05) is 19.1 Å². The summed E-state index contributed by atoms with van der Waals surface area (Å²) in [5.41, 5.74) is 8.33. The number of nitrogen functional groups attached to an aromatic ring is 1. The minimum absolute atomic E-state index is 0.218. The quantitative estimate of drug-likeness (QED) is 0.734. The maximum absolute atomic E-state index is 12.4. The van der Waals surface area contributed by atoms with Crippen LogP contribution < -0.4 is 15.8 Å². The van der Waals surface area contributed by atoms with Crippen LogP contribution in [0.4, 0.5) is 11.4 Å². The zero-order valence-corrected chi connectivity index (χ0v) is 14.7. The molecule has 3 N–H and O–H groups in total. The number of benzene rings is 2. The molecule has 4 nitrogen and oxygen atoms in total. The molecule has 0 fully saturated rings.